The molecule has 2 atom stereocenters. The molecule has 1 heterocycles. The fourth-order valence-electron chi connectivity index (χ4n) is 2.31. The lowest BCUT2D eigenvalue weighted by Crippen LogP contribution is -2.27. The van der Waals surface area contributed by atoms with Gasteiger partial charge in [-0.2, -0.15) is 0 Å². The second-order valence-corrected chi connectivity index (χ2v) is 5.36. The maximum atomic E-state index is 13.5. The molecule has 0 bridgehead atoms. The maximum absolute atomic E-state index is 13.5. The average Bonchev–Trinajstić information content (AvgIpc) is 3.16. The molecule has 2 amide bonds. The van der Waals surface area contributed by atoms with Crippen LogP contribution in [0, 0.1) is 23.5 Å². The molecule has 1 fully saturated rings. The number of nitrogens with one attached hydrogen (secondary N) is 2. The van der Waals surface area contributed by atoms with E-state index in [1.807, 2.05) is 0 Å². The van der Waals surface area contributed by atoms with Gasteiger partial charge in [0.05, 0.1) is 30.3 Å². The van der Waals surface area contributed by atoms with E-state index in [2.05, 4.69) is 10.6 Å². The minimum atomic E-state index is -0.849. The Morgan fingerprint density at radius 1 is 1.17 bits per heavy atom. The average molecular weight is 320 g/mol. The zero-order valence-corrected chi connectivity index (χ0v) is 12.0. The quantitative estimate of drug-likeness (QED) is 0.889. The molecular formula is C16H14F2N2O3. The van der Waals surface area contributed by atoms with Gasteiger partial charge in [0, 0.05) is 6.07 Å². The first-order chi connectivity index (χ1) is 11.0. The summed E-state index contributed by atoms with van der Waals surface area (Å²) in [5, 5.41) is 5.05. The van der Waals surface area contributed by atoms with Gasteiger partial charge < -0.3 is 15.1 Å². The predicted octanol–water partition coefficient (Wildman–Crippen LogP) is 2.45. The second kappa shape index (κ2) is 6.20. The number of carbonyl (C=O) groups is 2. The SMILES string of the molecule is O=C(NCc1ccco1)C1CC1C(=O)Nc1ccc(F)cc1F. The third kappa shape index (κ3) is 3.56. The largest absolute Gasteiger partial charge is 0.467 e. The molecule has 1 aromatic carbocycles. The fourth-order valence-corrected chi connectivity index (χ4v) is 2.31. The topological polar surface area (TPSA) is 71.3 Å². The van der Waals surface area contributed by atoms with Crippen LogP contribution in [0.4, 0.5) is 14.5 Å². The van der Waals surface area contributed by atoms with Crippen LogP contribution in [0.15, 0.2) is 41.0 Å². The number of halogens is 2. The van der Waals surface area contributed by atoms with Gasteiger partial charge in [0.25, 0.3) is 0 Å². The predicted molar refractivity (Wildman–Crippen MR) is 77.1 cm³/mol. The van der Waals surface area contributed by atoms with Crippen LogP contribution in [0.1, 0.15) is 12.2 Å². The van der Waals surface area contributed by atoms with Gasteiger partial charge in [0.15, 0.2) is 0 Å². The van der Waals surface area contributed by atoms with Gasteiger partial charge in [-0.1, -0.05) is 0 Å². The van der Waals surface area contributed by atoms with Crippen molar-refractivity contribution in [3.63, 3.8) is 0 Å². The third-order valence-electron chi connectivity index (χ3n) is 3.67. The molecule has 7 heteroatoms. The van der Waals surface area contributed by atoms with Crippen molar-refractivity contribution in [1.82, 2.24) is 5.32 Å². The molecule has 5 nitrogen and oxygen atoms in total. The summed E-state index contributed by atoms with van der Waals surface area (Å²) in [7, 11) is 0. The number of rotatable bonds is 5. The smallest absolute Gasteiger partial charge is 0.228 e. The molecule has 3 rings (SSSR count). The normalized spacial score (nSPS) is 19.2. The first-order valence-electron chi connectivity index (χ1n) is 7.10. The van der Waals surface area contributed by atoms with Crippen molar-refractivity contribution in [3.05, 3.63) is 54.0 Å². The lowest BCUT2D eigenvalue weighted by atomic mass is 10.2. The molecule has 2 N–H and O–H groups in total. The van der Waals surface area contributed by atoms with Gasteiger partial charge in [0.1, 0.15) is 17.4 Å². The van der Waals surface area contributed by atoms with E-state index in [0.29, 0.717) is 18.2 Å². The molecule has 23 heavy (non-hydrogen) atoms. The molecule has 0 radical (unpaired) electrons. The van der Waals surface area contributed by atoms with Crippen molar-refractivity contribution in [2.45, 2.75) is 13.0 Å². The molecule has 2 unspecified atom stereocenters. The van der Waals surface area contributed by atoms with Crippen molar-refractivity contribution < 1.29 is 22.8 Å². The number of benzene rings is 1. The van der Waals surface area contributed by atoms with Gasteiger partial charge in [-0.25, -0.2) is 8.78 Å². The monoisotopic (exact) mass is 320 g/mol. The molecular weight excluding hydrogens is 306 g/mol. The lowest BCUT2D eigenvalue weighted by molar-refractivity contribution is -0.125. The van der Waals surface area contributed by atoms with E-state index in [1.54, 1.807) is 12.1 Å². The Hall–Kier alpha value is -2.70. The third-order valence-corrected chi connectivity index (χ3v) is 3.67. The Kier molecular flexibility index (Phi) is 4.10. The molecule has 2 aromatic rings. The number of amides is 2. The Morgan fingerprint density at radius 2 is 1.96 bits per heavy atom. The van der Waals surface area contributed by atoms with Gasteiger partial charge in [-0.05, 0) is 30.7 Å². The van der Waals surface area contributed by atoms with Crippen LogP contribution in [0.3, 0.4) is 0 Å². The highest BCUT2D eigenvalue weighted by Gasteiger charge is 2.48. The van der Waals surface area contributed by atoms with Crippen LogP contribution in [-0.2, 0) is 16.1 Å². The highest BCUT2D eigenvalue weighted by Crippen LogP contribution is 2.39. The van der Waals surface area contributed by atoms with Gasteiger partial charge in [0.2, 0.25) is 11.8 Å². The fraction of sp³-hybridized carbons (Fsp3) is 0.250. The Balaban J connectivity index is 1.51. The molecule has 0 aliphatic heterocycles. The minimum absolute atomic E-state index is 0.0990. The van der Waals surface area contributed by atoms with Crippen LogP contribution < -0.4 is 10.6 Å². The first-order valence-corrected chi connectivity index (χ1v) is 7.10. The van der Waals surface area contributed by atoms with E-state index in [-0.39, 0.29) is 18.1 Å². The van der Waals surface area contributed by atoms with E-state index < -0.39 is 29.4 Å². The van der Waals surface area contributed by atoms with Crippen molar-refractivity contribution in [2.24, 2.45) is 11.8 Å². The molecule has 0 saturated heterocycles. The Morgan fingerprint density at radius 3 is 2.65 bits per heavy atom. The number of furan rings is 1. The van der Waals surface area contributed by atoms with Crippen molar-refractivity contribution in [1.29, 1.82) is 0 Å². The van der Waals surface area contributed by atoms with Crippen molar-refractivity contribution in [2.75, 3.05) is 5.32 Å². The summed E-state index contributed by atoms with van der Waals surface area (Å²) in [6, 6.07) is 6.34. The summed E-state index contributed by atoms with van der Waals surface area (Å²) < 4.78 is 31.4. The highest BCUT2D eigenvalue weighted by molar-refractivity contribution is 5.99. The number of hydrogen-bond acceptors (Lipinski definition) is 3. The van der Waals surface area contributed by atoms with Crippen LogP contribution >= 0.6 is 0 Å². The zero-order chi connectivity index (χ0) is 16.4. The van der Waals surface area contributed by atoms with Crippen LogP contribution in [0.5, 0.6) is 0 Å². The molecule has 1 aliphatic rings. The summed E-state index contributed by atoms with van der Waals surface area (Å²) in [6.07, 6.45) is 1.91. The van der Waals surface area contributed by atoms with E-state index >= 15 is 0 Å². The summed E-state index contributed by atoms with van der Waals surface area (Å²) in [4.78, 5) is 23.9. The van der Waals surface area contributed by atoms with Crippen LogP contribution in [-0.4, -0.2) is 11.8 Å². The van der Waals surface area contributed by atoms with E-state index in [9.17, 15) is 18.4 Å². The minimum Gasteiger partial charge on any atom is -0.467 e. The van der Waals surface area contributed by atoms with Crippen molar-refractivity contribution in [3.8, 4) is 0 Å². The maximum Gasteiger partial charge on any atom is 0.228 e. The van der Waals surface area contributed by atoms with E-state index in [4.69, 9.17) is 4.42 Å². The van der Waals surface area contributed by atoms with Crippen molar-refractivity contribution >= 4 is 17.5 Å². The lowest BCUT2D eigenvalue weighted by Gasteiger charge is -2.06. The molecule has 1 aliphatic carbocycles. The molecule has 0 spiro atoms. The standard InChI is InChI=1S/C16H14F2N2O3/c17-9-3-4-14(13(18)6-9)20-16(22)12-7-11(12)15(21)19-8-10-2-1-5-23-10/h1-6,11-12H,7-8H2,(H,19,21)(H,20,22). The summed E-state index contributed by atoms with van der Waals surface area (Å²) in [5.74, 6) is -2.59. The number of hydrogen-bond donors (Lipinski definition) is 2. The second-order valence-electron chi connectivity index (χ2n) is 5.36. The van der Waals surface area contributed by atoms with E-state index in [1.165, 1.54) is 6.26 Å². The summed E-state index contributed by atoms with van der Waals surface area (Å²) in [6.45, 7) is 0.253. The highest BCUT2D eigenvalue weighted by atomic mass is 19.1. The summed E-state index contributed by atoms with van der Waals surface area (Å²) >= 11 is 0. The van der Waals surface area contributed by atoms with Crippen LogP contribution in [0.25, 0.3) is 0 Å². The Bertz CT molecular complexity index is 731. The van der Waals surface area contributed by atoms with Gasteiger partial charge in [-0.15, -0.1) is 0 Å². The van der Waals surface area contributed by atoms with Gasteiger partial charge >= 0.3 is 0 Å². The van der Waals surface area contributed by atoms with Crippen LogP contribution in [0.2, 0.25) is 0 Å². The van der Waals surface area contributed by atoms with Gasteiger partial charge in [-0.3, -0.25) is 9.59 Å². The summed E-state index contributed by atoms with van der Waals surface area (Å²) in [5.41, 5.74) is -0.0990. The Labute approximate surface area is 130 Å². The number of carbonyl (C=O) groups excluding carboxylic acids is 2. The first kappa shape index (κ1) is 15.2. The molecule has 1 saturated carbocycles. The number of anilines is 1. The molecule has 1 aromatic heterocycles. The zero-order valence-electron chi connectivity index (χ0n) is 12.0. The molecule has 120 valence electrons. The van der Waals surface area contributed by atoms with E-state index in [0.717, 1.165) is 12.1 Å².